The van der Waals surface area contributed by atoms with Crippen molar-refractivity contribution in [2.24, 2.45) is 0 Å². The maximum atomic E-state index is 13.3. The van der Waals surface area contributed by atoms with E-state index >= 15 is 0 Å². The third-order valence-corrected chi connectivity index (χ3v) is 4.61. The molecule has 0 aromatic rings. The minimum absolute atomic E-state index is 1.42. The summed E-state index contributed by atoms with van der Waals surface area (Å²) in [5.41, 5.74) is -12.2. The van der Waals surface area contributed by atoms with Crippen LogP contribution < -0.4 is 0 Å². The highest BCUT2D eigenvalue weighted by molar-refractivity contribution is 7.88. The van der Waals surface area contributed by atoms with Gasteiger partial charge in [-0.1, -0.05) is 0 Å². The summed E-state index contributed by atoms with van der Waals surface area (Å²) in [6.45, 7) is 0. The average Bonchev–Trinajstić information content (AvgIpc) is 2.52. The molecule has 138 valence electrons. The summed E-state index contributed by atoms with van der Waals surface area (Å²) in [6.07, 6.45) is -13.2. The van der Waals surface area contributed by atoms with Crippen molar-refractivity contribution in [3.8, 4) is 0 Å². The van der Waals surface area contributed by atoms with Gasteiger partial charge >= 0.3 is 31.3 Å². The first-order valence-corrected chi connectivity index (χ1v) is 8.08. The van der Waals surface area contributed by atoms with Crippen LogP contribution in [0.5, 0.6) is 0 Å². The summed E-state index contributed by atoms with van der Waals surface area (Å²) < 4.78 is 149. The molecule has 0 bridgehead atoms. The van der Waals surface area contributed by atoms with Gasteiger partial charge in [-0.3, -0.25) is 8.37 Å². The Labute approximate surface area is 123 Å². The molecule has 16 heteroatoms. The lowest BCUT2D eigenvalue weighted by molar-refractivity contribution is -0.0744. The molecule has 1 aliphatic rings. The van der Waals surface area contributed by atoms with E-state index in [9.17, 15) is 52.0 Å². The smallest absolute Gasteiger partial charge is 0.254 e. The normalized spacial score (nSPS) is 30.6. The monoisotopic (exact) mass is 402 g/mol. The van der Waals surface area contributed by atoms with Crippen LogP contribution in [0.3, 0.4) is 0 Å². The van der Waals surface area contributed by atoms with Gasteiger partial charge in [0.1, 0.15) is 24.6 Å². The highest BCUT2D eigenvalue weighted by atomic mass is 32.2. The van der Waals surface area contributed by atoms with Gasteiger partial charge in [-0.05, 0) is 0 Å². The molecule has 0 aromatic heterocycles. The molecular weight excluding hydrogens is 396 g/mol. The van der Waals surface area contributed by atoms with Gasteiger partial charge in [0.15, 0.2) is 0 Å². The number of alkyl halides is 8. The molecule has 1 saturated carbocycles. The fourth-order valence-corrected chi connectivity index (χ4v) is 2.79. The SMILES string of the molecule is O=S(=O)(O[C@@H]1[C@H](OS(=O)(=O)C(F)(F)F)[C@@H](F)C[C@H]1F)C(F)(F)F. The Morgan fingerprint density at radius 1 is 0.696 bits per heavy atom. The molecule has 0 aliphatic heterocycles. The lowest BCUT2D eigenvalue weighted by atomic mass is 10.2. The van der Waals surface area contributed by atoms with Crippen molar-refractivity contribution in [1.82, 2.24) is 0 Å². The standard InChI is InChI=1S/C7H6F8O6S2/c8-2-1-3(9)5(21-23(18,19)7(13,14)15)4(2)20-22(16,17)6(10,11)12/h2-5H,1H2/t2-,3+,4+,5-. The lowest BCUT2D eigenvalue weighted by Crippen LogP contribution is -2.43. The van der Waals surface area contributed by atoms with Gasteiger partial charge in [-0.15, -0.1) is 0 Å². The quantitative estimate of drug-likeness (QED) is 0.403. The van der Waals surface area contributed by atoms with Crippen LogP contribution in [0.25, 0.3) is 0 Å². The van der Waals surface area contributed by atoms with Crippen molar-refractivity contribution >= 4 is 20.2 Å². The van der Waals surface area contributed by atoms with E-state index < -0.39 is 62.2 Å². The largest absolute Gasteiger partial charge is 0.523 e. The van der Waals surface area contributed by atoms with Crippen LogP contribution in [0.4, 0.5) is 35.1 Å². The Balaban J connectivity index is 3.11. The average molecular weight is 402 g/mol. The van der Waals surface area contributed by atoms with E-state index in [0.717, 1.165) is 0 Å². The van der Waals surface area contributed by atoms with Gasteiger partial charge in [0.05, 0.1) is 0 Å². The van der Waals surface area contributed by atoms with Crippen LogP contribution in [0.2, 0.25) is 0 Å². The molecule has 0 aromatic carbocycles. The van der Waals surface area contributed by atoms with Crippen molar-refractivity contribution in [3.05, 3.63) is 0 Å². The topological polar surface area (TPSA) is 86.7 Å². The minimum Gasteiger partial charge on any atom is -0.254 e. The van der Waals surface area contributed by atoms with E-state index in [4.69, 9.17) is 0 Å². The van der Waals surface area contributed by atoms with E-state index in [-0.39, 0.29) is 0 Å². The fourth-order valence-electron chi connectivity index (χ4n) is 1.53. The molecule has 0 unspecified atom stereocenters. The number of hydrogen-bond donors (Lipinski definition) is 0. The zero-order valence-corrected chi connectivity index (χ0v) is 11.9. The summed E-state index contributed by atoms with van der Waals surface area (Å²) >= 11 is 0. The molecule has 1 rings (SSSR count). The second kappa shape index (κ2) is 5.96. The van der Waals surface area contributed by atoms with Gasteiger partial charge in [0.25, 0.3) is 0 Å². The third kappa shape index (κ3) is 4.21. The van der Waals surface area contributed by atoms with E-state index in [2.05, 4.69) is 8.37 Å². The van der Waals surface area contributed by atoms with Crippen LogP contribution in [0.1, 0.15) is 6.42 Å². The van der Waals surface area contributed by atoms with Gasteiger partial charge in [0.2, 0.25) is 0 Å². The van der Waals surface area contributed by atoms with Gasteiger partial charge in [-0.25, -0.2) is 8.78 Å². The van der Waals surface area contributed by atoms with E-state index in [1.54, 1.807) is 0 Å². The molecular formula is C7H6F8O6S2. The molecule has 0 heterocycles. The maximum Gasteiger partial charge on any atom is 0.523 e. The van der Waals surface area contributed by atoms with Crippen molar-refractivity contribution < 1.29 is 60.3 Å². The summed E-state index contributed by atoms with van der Waals surface area (Å²) in [6, 6.07) is 0. The van der Waals surface area contributed by atoms with Crippen molar-refractivity contribution in [2.45, 2.75) is 42.0 Å². The van der Waals surface area contributed by atoms with Crippen LogP contribution >= 0.6 is 0 Å². The van der Waals surface area contributed by atoms with Crippen molar-refractivity contribution in [2.75, 3.05) is 0 Å². The molecule has 0 amide bonds. The number of hydrogen-bond acceptors (Lipinski definition) is 6. The Morgan fingerprint density at radius 3 is 1.17 bits per heavy atom. The number of rotatable bonds is 4. The van der Waals surface area contributed by atoms with Crippen LogP contribution in [-0.4, -0.2) is 52.4 Å². The molecule has 4 atom stereocenters. The molecule has 1 aliphatic carbocycles. The highest BCUT2D eigenvalue weighted by Crippen LogP contribution is 2.38. The number of halogens is 8. The molecule has 0 radical (unpaired) electrons. The van der Waals surface area contributed by atoms with E-state index in [0.29, 0.717) is 0 Å². The Kier molecular flexibility index (Phi) is 5.26. The maximum absolute atomic E-state index is 13.3. The second-order valence-corrected chi connectivity index (χ2v) is 7.32. The summed E-state index contributed by atoms with van der Waals surface area (Å²) in [7, 11) is -13.0. The molecule has 6 nitrogen and oxygen atoms in total. The molecule has 0 saturated heterocycles. The molecule has 23 heavy (non-hydrogen) atoms. The second-order valence-electron chi connectivity index (χ2n) is 4.19. The highest BCUT2D eigenvalue weighted by Gasteiger charge is 2.58. The Morgan fingerprint density at radius 2 is 0.957 bits per heavy atom. The zero-order chi connectivity index (χ0) is 18.4. The summed E-state index contributed by atoms with van der Waals surface area (Å²) in [5, 5.41) is 0. The summed E-state index contributed by atoms with van der Waals surface area (Å²) in [5.74, 6) is 0. The fraction of sp³-hybridized carbons (Fsp3) is 1.00. The first-order chi connectivity index (χ1) is 9.99. The minimum atomic E-state index is -6.52. The van der Waals surface area contributed by atoms with Gasteiger partial charge < -0.3 is 0 Å². The van der Waals surface area contributed by atoms with Crippen LogP contribution in [0.15, 0.2) is 0 Å². The van der Waals surface area contributed by atoms with Crippen molar-refractivity contribution in [1.29, 1.82) is 0 Å². The first-order valence-electron chi connectivity index (χ1n) is 5.27. The Bertz CT molecular complexity index is 581. The van der Waals surface area contributed by atoms with Crippen molar-refractivity contribution in [3.63, 3.8) is 0 Å². The van der Waals surface area contributed by atoms with E-state index in [1.165, 1.54) is 0 Å². The van der Waals surface area contributed by atoms with Crippen LogP contribution in [-0.2, 0) is 28.6 Å². The van der Waals surface area contributed by atoms with E-state index in [1.807, 2.05) is 0 Å². The molecule has 0 N–H and O–H groups in total. The van der Waals surface area contributed by atoms with Gasteiger partial charge in [-0.2, -0.15) is 43.2 Å². The zero-order valence-electron chi connectivity index (χ0n) is 10.3. The first kappa shape index (κ1) is 20.3. The summed E-state index contributed by atoms with van der Waals surface area (Å²) in [4.78, 5) is 0. The molecule has 1 fully saturated rings. The third-order valence-electron chi connectivity index (χ3n) is 2.53. The van der Waals surface area contributed by atoms with Crippen LogP contribution in [0, 0.1) is 0 Å². The predicted octanol–water partition coefficient (Wildman–Crippen LogP) is 1.54. The Hall–Kier alpha value is -0.740. The molecule has 0 spiro atoms. The predicted molar refractivity (Wildman–Crippen MR) is 54.1 cm³/mol. The van der Waals surface area contributed by atoms with Gasteiger partial charge in [0, 0.05) is 6.42 Å². The lowest BCUT2D eigenvalue weighted by Gasteiger charge is -2.22.